The first kappa shape index (κ1) is 26.8. The summed E-state index contributed by atoms with van der Waals surface area (Å²) in [7, 11) is 0. The van der Waals surface area contributed by atoms with Gasteiger partial charge in [-0.1, -0.05) is 19.4 Å². The van der Waals surface area contributed by atoms with E-state index in [0.717, 1.165) is 5.57 Å². The fourth-order valence-electron chi connectivity index (χ4n) is 8.64. The molecule has 37 heavy (non-hydrogen) atoms. The van der Waals surface area contributed by atoms with Crippen LogP contribution in [0.4, 0.5) is 9.18 Å². The van der Waals surface area contributed by atoms with Crippen LogP contribution >= 0.6 is 0 Å². The van der Waals surface area contributed by atoms with Gasteiger partial charge in [-0.25, -0.2) is 9.18 Å². The maximum Gasteiger partial charge on any atom is 0.410 e. The molecular weight excluding hydrogens is 477 g/mol. The molecule has 206 valence electrons. The molecule has 1 saturated heterocycles. The lowest BCUT2D eigenvalue weighted by Crippen LogP contribution is -2.69. The Hall–Kier alpha value is -1.80. The normalized spacial score (nSPS) is 43.8. The number of ether oxygens (including phenoxy) is 1. The molecule has 0 aromatic rings. The molecule has 1 amide bonds. The first-order valence-electron chi connectivity index (χ1n) is 13.9. The Balaban J connectivity index is 1.32. The summed E-state index contributed by atoms with van der Waals surface area (Å²) in [6.45, 7) is 9.94. The number of aliphatic hydroxyl groups is 2. The van der Waals surface area contributed by atoms with E-state index in [4.69, 9.17) is 4.74 Å². The summed E-state index contributed by atoms with van der Waals surface area (Å²) in [6, 6.07) is 0. The van der Waals surface area contributed by atoms with E-state index in [1.807, 2.05) is 13.8 Å². The summed E-state index contributed by atoms with van der Waals surface area (Å²) in [5.41, 5.74) is -5.15. The van der Waals surface area contributed by atoms with Crippen molar-refractivity contribution in [3.8, 4) is 0 Å². The first-order valence-corrected chi connectivity index (χ1v) is 13.9. The molecular formula is C29H42FNO6. The largest absolute Gasteiger partial charge is 0.444 e. The van der Waals surface area contributed by atoms with E-state index >= 15 is 4.39 Å². The van der Waals surface area contributed by atoms with Crippen molar-refractivity contribution < 1.29 is 33.7 Å². The summed E-state index contributed by atoms with van der Waals surface area (Å²) >= 11 is 0. The Morgan fingerprint density at radius 1 is 1.14 bits per heavy atom. The molecule has 0 spiro atoms. The Kier molecular flexibility index (Phi) is 6.04. The van der Waals surface area contributed by atoms with Crippen LogP contribution < -0.4 is 0 Å². The van der Waals surface area contributed by atoms with Gasteiger partial charge in [0.15, 0.2) is 11.6 Å². The second-order valence-corrected chi connectivity index (χ2v) is 13.9. The lowest BCUT2D eigenvalue weighted by Gasteiger charge is -2.63. The van der Waals surface area contributed by atoms with E-state index in [-0.39, 0.29) is 49.1 Å². The van der Waals surface area contributed by atoms with Crippen LogP contribution in [-0.2, 0) is 14.3 Å². The molecule has 0 radical (unpaired) electrons. The molecule has 3 saturated carbocycles. The zero-order valence-electron chi connectivity index (χ0n) is 22.8. The van der Waals surface area contributed by atoms with Crippen LogP contribution in [0, 0.1) is 28.6 Å². The van der Waals surface area contributed by atoms with Gasteiger partial charge in [0.05, 0.1) is 6.10 Å². The van der Waals surface area contributed by atoms with Gasteiger partial charge in [0.1, 0.15) is 16.9 Å². The van der Waals surface area contributed by atoms with E-state index in [1.165, 1.54) is 0 Å². The quantitative estimate of drug-likeness (QED) is 0.581. The maximum atomic E-state index is 17.2. The molecule has 4 fully saturated rings. The number of carbonyl (C=O) groups is 3. The van der Waals surface area contributed by atoms with Gasteiger partial charge >= 0.3 is 6.09 Å². The number of aliphatic hydroxyl groups excluding tert-OH is 1. The number of fused-ring (bicyclic) bond motifs is 5. The molecule has 7 atom stereocenters. The van der Waals surface area contributed by atoms with Crippen molar-refractivity contribution in [1.82, 2.24) is 4.90 Å². The maximum absolute atomic E-state index is 17.2. The van der Waals surface area contributed by atoms with Crippen molar-refractivity contribution in [1.29, 1.82) is 0 Å². The topological polar surface area (TPSA) is 104 Å². The minimum Gasteiger partial charge on any atom is -0.444 e. The van der Waals surface area contributed by atoms with E-state index in [2.05, 4.69) is 0 Å². The van der Waals surface area contributed by atoms with Gasteiger partial charge in [0.25, 0.3) is 0 Å². The Labute approximate surface area is 218 Å². The number of ketones is 2. The average molecular weight is 520 g/mol. The summed E-state index contributed by atoms with van der Waals surface area (Å²) in [6.07, 6.45) is 2.57. The number of alkyl halides is 1. The molecule has 1 heterocycles. The molecule has 0 unspecified atom stereocenters. The van der Waals surface area contributed by atoms with Crippen LogP contribution in [0.3, 0.4) is 0 Å². The van der Waals surface area contributed by atoms with Crippen LogP contribution in [0.5, 0.6) is 0 Å². The molecule has 0 bridgehead atoms. The fourth-order valence-corrected chi connectivity index (χ4v) is 8.64. The highest BCUT2D eigenvalue weighted by Gasteiger charge is 2.74. The van der Waals surface area contributed by atoms with Gasteiger partial charge in [0, 0.05) is 48.6 Å². The summed E-state index contributed by atoms with van der Waals surface area (Å²) in [5, 5.41) is 23.3. The van der Waals surface area contributed by atoms with Gasteiger partial charge in [-0.05, 0) is 71.3 Å². The number of allylic oxidation sites excluding steroid dienone is 1. The Morgan fingerprint density at radius 3 is 2.46 bits per heavy atom. The zero-order valence-corrected chi connectivity index (χ0v) is 22.8. The Bertz CT molecular complexity index is 1050. The van der Waals surface area contributed by atoms with Crippen molar-refractivity contribution in [3.63, 3.8) is 0 Å². The number of nitrogens with zero attached hydrogens (tertiary/aromatic N) is 1. The molecule has 5 aliphatic rings. The number of hydrogen-bond acceptors (Lipinski definition) is 6. The van der Waals surface area contributed by atoms with Crippen LogP contribution in [-0.4, -0.2) is 68.8 Å². The van der Waals surface area contributed by atoms with E-state index in [0.29, 0.717) is 38.8 Å². The van der Waals surface area contributed by atoms with Crippen LogP contribution in [0.15, 0.2) is 11.6 Å². The minimum atomic E-state index is -1.89. The summed E-state index contributed by atoms with van der Waals surface area (Å²) < 4.78 is 22.6. The third kappa shape index (κ3) is 3.75. The van der Waals surface area contributed by atoms with Crippen molar-refractivity contribution in [2.24, 2.45) is 28.6 Å². The molecule has 7 nitrogen and oxygen atoms in total. The van der Waals surface area contributed by atoms with Crippen molar-refractivity contribution in [2.45, 2.75) is 109 Å². The van der Waals surface area contributed by atoms with Gasteiger partial charge < -0.3 is 19.8 Å². The van der Waals surface area contributed by atoms with Crippen molar-refractivity contribution >= 4 is 17.7 Å². The minimum absolute atomic E-state index is 0.0123. The number of Topliss-reactive ketones (excluding diaryl/α,β-unsaturated/α-hetero) is 1. The van der Waals surface area contributed by atoms with Crippen LogP contribution in [0.1, 0.15) is 86.0 Å². The van der Waals surface area contributed by atoms with Crippen LogP contribution in [0.25, 0.3) is 0 Å². The van der Waals surface area contributed by atoms with E-state index in [9.17, 15) is 24.6 Å². The molecule has 0 aromatic carbocycles. The lowest BCUT2D eigenvalue weighted by atomic mass is 9.43. The monoisotopic (exact) mass is 519 g/mol. The molecule has 1 aliphatic heterocycles. The molecule has 0 aromatic heterocycles. The predicted octanol–water partition coefficient (Wildman–Crippen LogP) is 4.14. The second-order valence-electron chi connectivity index (χ2n) is 13.9. The van der Waals surface area contributed by atoms with Gasteiger partial charge in [-0.2, -0.15) is 0 Å². The molecule has 4 aliphatic carbocycles. The molecule has 5 rings (SSSR count). The zero-order chi connectivity index (χ0) is 27.2. The van der Waals surface area contributed by atoms with Gasteiger partial charge in [-0.15, -0.1) is 0 Å². The highest BCUT2D eigenvalue weighted by atomic mass is 19.1. The van der Waals surface area contributed by atoms with Gasteiger partial charge in [0.2, 0.25) is 0 Å². The second kappa shape index (κ2) is 8.35. The van der Waals surface area contributed by atoms with Crippen molar-refractivity contribution in [3.05, 3.63) is 11.6 Å². The highest BCUT2D eigenvalue weighted by molar-refractivity contribution is 5.92. The number of hydrogen-bond donors (Lipinski definition) is 2. The van der Waals surface area contributed by atoms with Crippen molar-refractivity contribution in [2.75, 3.05) is 13.1 Å². The fraction of sp³-hybridized carbons (Fsp3) is 0.828. The third-order valence-corrected chi connectivity index (χ3v) is 10.7. The SMILES string of the molecule is CC(C)(C)OC(=O)N1CC(CC(=O)[C@@]2(O)CC[C@H]3[C@@H]4CCC5=CC(=O)CC[C@]5(C)[C@@]4(F)[C@@H](O)C[C@@]32C)C1. The number of rotatable bonds is 3. The van der Waals surface area contributed by atoms with E-state index in [1.54, 1.807) is 31.7 Å². The number of amides is 1. The highest BCUT2D eigenvalue weighted by Crippen LogP contribution is 2.70. The summed E-state index contributed by atoms with van der Waals surface area (Å²) in [5.74, 6) is -1.01. The smallest absolute Gasteiger partial charge is 0.410 e. The molecule has 2 N–H and O–H groups in total. The Morgan fingerprint density at radius 2 is 1.81 bits per heavy atom. The number of likely N-dealkylation sites (tertiary alicyclic amines) is 1. The van der Waals surface area contributed by atoms with E-state index < -0.39 is 45.8 Å². The standard InChI is InChI=1S/C29H42FNO6/c1-25(2,3)37-24(35)31-15-17(16-31)12-22(33)28(36)11-9-20-21-7-6-18-13-19(32)8-10-26(18,4)29(21,30)23(34)14-27(20,28)5/h13,17,20-21,23,34,36H,6-12,14-16H2,1-5H3/t20-,21-,23-,26-,27-,28-,29-/m0/s1. The third-order valence-electron chi connectivity index (χ3n) is 10.7. The van der Waals surface area contributed by atoms with Gasteiger partial charge in [-0.3, -0.25) is 9.59 Å². The first-order chi connectivity index (χ1) is 17.0. The number of carbonyl (C=O) groups excluding carboxylic acids is 3. The average Bonchev–Trinajstić information content (AvgIpc) is 3.02. The lowest BCUT2D eigenvalue weighted by molar-refractivity contribution is -0.226. The predicted molar refractivity (Wildman–Crippen MR) is 134 cm³/mol. The van der Waals surface area contributed by atoms with Crippen LogP contribution in [0.2, 0.25) is 0 Å². The number of halogens is 1. The molecule has 8 heteroatoms. The summed E-state index contributed by atoms with van der Waals surface area (Å²) in [4.78, 5) is 39.5.